The molecular weight excluding hydrogens is 394 g/mol. The van der Waals surface area contributed by atoms with Crippen molar-refractivity contribution in [2.75, 3.05) is 6.61 Å². The van der Waals surface area contributed by atoms with Gasteiger partial charge < -0.3 is 4.74 Å². The minimum Gasteiger partial charge on any atom is -0.491 e. The average molecular weight is 419 g/mol. The maximum Gasteiger partial charge on any atom is 0.138 e. The molecule has 0 N–H and O–H groups in total. The van der Waals surface area contributed by atoms with Crippen molar-refractivity contribution >= 4 is 34.0 Å². The van der Waals surface area contributed by atoms with Crippen molar-refractivity contribution < 1.29 is 9.13 Å². The van der Waals surface area contributed by atoms with Crippen LogP contribution in [0.5, 0.6) is 5.75 Å². The summed E-state index contributed by atoms with van der Waals surface area (Å²) >= 11 is 13.2. The first-order chi connectivity index (χ1) is 13.0. The molecule has 0 radical (unpaired) electrons. The molecule has 148 valence electrons. The Morgan fingerprint density at radius 1 is 0.893 bits per heavy atom. The number of hydrogen-bond donors (Lipinski definition) is 0. The zero-order chi connectivity index (χ0) is 20.7. The summed E-state index contributed by atoms with van der Waals surface area (Å²) in [5.74, 6) is 0.355. The highest BCUT2D eigenvalue weighted by atomic mass is 35.5. The van der Waals surface area contributed by atoms with Gasteiger partial charge in [0.15, 0.2) is 0 Å². The minimum atomic E-state index is -0.514. The predicted octanol–water partition coefficient (Wildman–Crippen LogP) is 7.94. The van der Waals surface area contributed by atoms with Gasteiger partial charge in [-0.15, -0.1) is 0 Å². The van der Waals surface area contributed by atoms with Crippen LogP contribution in [0.1, 0.15) is 45.7 Å². The fraction of sp³-hybridized carbons (Fsp3) is 0.333. The van der Waals surface area contributed by atoms with E-state index < -0.39 is 5.41 Å². The zero-order valence-corrected chi connectivity index (χ0v) is 18.4. The largest absolute Gasteiger partial charge is 0.491 e. The summed E-state index contributed by atoms with van der Waals surface area (Å²) in [5.41, 5.74) is 1.02. The summed E-state index contributed by atoms with van der Waals surface area (Å²) in [6.07, 6.45) is 0. The van der Waals surface area contributed by atoms with E-state index in [0.29, 0.717) is 28.0 Å². The first-order valence-electron chi connectivity index (χ1n) is 9.31. The molecule has 0 fully saturated rings. The topological polar surface area (TPSA) is 9.23 Å². The molecule has 0 amide bonds. The molecule has 0 heterocycles. The molecule has 0 aliphatic carbocycles. The van der Waals surface area contributed by atoms with Crippen LogP contribution in [0, 0.1) is 5.82 Å². The third-order valence-electron chi connectivity index (χ3n) is 5.01. The second-order valence-corrected chi connectivity index (χ2v) is 9.59. The van der Waals surface area contributed by atoms with Gasteiger partial charge in [0, 0.05) is 21.2 Å². The van der Waals surface area contributed by atoms with Gasteiger partial charge in [0.2, 0.25) is 0 Å². The molecule has 0 spiro atoms. The van der Waals surface area contributed by atoms with Crippen LogP contribution in [0.3, 0.4) is 0 Å². The average Bonchev–Trinajstić information content (AvgIpc) is 2.61. The van der Waals surface area contributed by atoms with Gasteiger partial charge in [-0.3, -0.25) is 0 Å². The van der Waals surface area contributed by atoms with Crippen molar-refractivity contribution in [3.05, 3.63) is 75.5 Å². The van der Waals surface area contributed by atoms with Crippen molar-refractivity contribution in [3.63, 3.8) is 0 Å². The number of ether oxygens (including phenoxy) is 1. The third kappa shape index (κ3) is 3.99. The molecule has 3 aromatic carbocycles. The zero-order valence-electron chi connectivity index (χ0n) is 16.9. The highest BCUT2D eigenvalue weighted by Crippen LogP contribution is 2.43. The number of fused-ring (bicyclic) bond motifs is 1. The fourth-order valence-electron chi connectivity index (χ4n) is 3.42. The van der Waals surface area contributed by atoms with E-state index in [-0.39, 0.29) is 11.2 Å². The molecule has 0 unspecified atom stereocenters. The smallest absolute Gasteiger partial charge is 0.138 e. The summed E-state index contributed by atoms with van der Waals surface area (Å²) in [4.78, 5) is 0. The lowest BCUT2D eigenvalue weighted by Gasteiger charge is -2.28. The third-order valence-corrected chi connectivity index (χ3v) is 5.72. The van der Waals surface area contributed by atoms with Gasteiger partial charge >= 0.3 is 0 Å². The normalized spacial score (nSPS) is 12.4. The molecule has 0 bridgehead atoms. The van der Waals surface area contributed by atoms with E-state index in [0.717, 1.165) is 16.3 Å². The molecule has 0 saturated heterocycles. The fourth-order valence-corrected chi connectivity index (χ4v) is 3.97. The number of rotatable bonds is 4. The number of benzene rings is 3. The van der Waals surface area contributed by atoms with E-state index in [9.17, 15) is 4.39 Å². The second kappa shape index (κ2) is 7.57. The molecule has 3 aromatic rings. The van der Waals surface area contributed by atoms with E-state index in [4.69, 9.17) is 27.9 Å². The Bertz CT molecular complexity index is 1020. The summed E-state index contributed by atoms with van der Waals surface area (Å²) in [7, 11) is 0. The van der Waals surface area contributed by atoms with Gasteiger partial charge in [-0.05, 0) is 34.7 Å². The van der Waals surface area contributed by atoms with Crippen LogP contribution in [-0.2, 0) is 10.8 Å². The highest BCUT2D eigenvalue weighted by molar-refractivity contribution is 6.41. The Hall–Kier alpha value is -1.77. The van der Waals surface area contributed by atoms with Crippen LogP contribution in [-0.4, -0.2) is 6.61 Å². The van der Waals surface area contributed by atoms with E-state index in [1.54, 1.807) is 12.1 Å². The Kier molecular flexibility index (Phi) is 5.67. The standard InChI is InChI=1S/C24H25Cl2FO/c1-23(2,3)17-13-20(22(26)15-9-8-11-18(25)21(15)17)28-14-24(4,5)16-10-6-7-12-19(16)27/h6-13H,14H2,1-5H3. The SMILES string of the molecule is CC(C)(C)c1cc(OCC(C)(C)c2ccccc2F)c(Cl)c2cccc(Cl)c12. The van der Waals surface area contributed by atoms with E-state index >= 15 is 0 Å². The van der Waals surface area contributed by atoms with Crippen molar-refractivity contribution in [2.45, 2.75) is 45.4 Å². The summed E-state index contributed by atoms with van der Waals surface area (Å²) in [6, 6.07) is 14.5. The van der Waals surface area contributed by atoms with Crippen LogP contribution < -0.4 is 4.74 Å². The Morgan fingerprint density at radius 2 is 1.57 bits per heavy atom. The van der Waals surface area contributed by atoms with Gasteiger partial charge in [0.05, 0.1) is 11.6 Å². The van der Waals surface area contributed by atoms with Crippen molar-refractivity contribution in [2.24, 2.45) is 0 Å². The second-order valence-electron chi connectivity index (χ2n) is 8.80. The van der Waals surface area contributed by atoms with Crippen LogP contribution in [0.15, 0.2) is 48.5 Å². The number of hydrogen-bond acceptors (Lipinski definition) is 1. The lowest BCUT2D eigenvalue weighted by atomic mass is 9.83. The van der Waals surface area contributed by atoms with Crippen LogP contribution in [0.25, 0.3) is 10.8 Å². The Morgan fingerprint density at radius 3 is 2.21 bits per heavy atom. The van der Waals surface area contributed by atoms with E-state index in [1.165, 1.54) is 6.07 Å². The van der Waals surface area contributed by atoms with Crippen LogP contribution in [0.2, 0.25) is 10.0 Å². The maximum absolute atomic E-state index is 14.3. The molecule has 0 aliphatic rings. The van der Waals surface area contributed by atoms with Gasteiger partial charge in [-0.2, -0.15) is 0 Å². The maximum atomic E-state index is 14.3. The lowest BCUT2D eigenvalue weighted by Crippen LogP contribution is -2.27. The molecule has 0 saturated carbocycles. The van der Waals surface area contributed by atoms with Gasteiger partial charge in [0.25, 0.3) is 0 Å². The van der Waals surface area contributed by atoms with E-state index in [2.05, 4.69) is 20.8 Å². The van der Waals surface area contributed by atoms with Crippen LogP contribution >= 0.6 is 23.2 Å². The first kappa shape index (κ1) is 21.0. The molecule has 3 rings (SSSR count). The molecule has 0 aromatic heterocycles. The molecular formula is C24H25Cl2FO. The van der Waals surface area contributed by atoms with E-state index in [1.807, 2.05) is 44.2 Å². The minimum absolute atomic E-state index is 0.146. The van der Waals surface area contributed by atoms with Crippen molar-refractivity contribution in [1.29, 1.82) is 0 Å². The molecule has 28 heavy (non-hydrogen) atoms. The van der Waals surface area contributed by atoms with Crippen molar-refractivity contribution in [1.82, 2.24) is 0 Å². The first-order valence-corrected chi connectivity index (χ1v) is 10.1. The summed E-state index contributed by atoms with van der Waals surface area (Å²) in [5, 5.41) is 3.00. The monoisotopic (exact) mass is 418 g/mol. The molecule has 4 heteroatoms. The van der Waals surface area contributed by atoms with Gasteiger partial charge in [-0.25, -0.2) is 4.39 Å². The molecule has 1 nitrogen and oxygen atoms in total. The van der Waals surface area contributed by atoms with Gasteiger partial charge in [0.1, 0.15) is 11.6 Å². The van der Waals surface area contributed by atoms with Crippen molar-refractivity contribution in [3.8, 4) is 5.75 Å². The number of halogens is 3. The van der Waals surface area contributed by atoms with Gasteiger partial charge in [-0.1, -0.05) is 88.2 Å². The Balaban J connectivity index is 2.05. The Labute approximate surface area is 176 Å². The summed E-state index contributed by atoms with van der Waals surface area (Å²) in [6.45, 7) is 10.6. The van der Waals surface area contributed by atoms with Crippen LogP contribution in [0.4, 0.5) is 4.39 Å². The summed E-state index contributed by atoms with van der Waals surface area (Å²) < 4.78 is 20.4. The molecule has 0 aliphatic heterocycles. The molecule has 0 atom stereocenters. The quantitative estimate of drug-likeness (QED) is 0.417. The predicted molar refractivity (Wildman–Crippen MR) is 118 cm³/mol. The lowest BCUT2D eigenvalue weighted by molar-refractivity contribution is 0.237. The highest BCUT2D eigenvalue weighted by Gasteiger charge is 2.27.